The van der Waals surface area contributed by atoms with Crippen LogP contribution in [0.5, 0.6) is 0 Å². The van der Waals surface area contributed by atoms with Crippen molar-refractivity contribution in [1.29, 1.82) is 0 Å². The lowest BCUT2D eigenvalue weighted by atomic mass is 9.81. The van der Waals surface area contributed by atoms with Crippen molar-refractivity contribution in [1.82, 2.24) is 0 Å². The van der Waals surface area contributed by atoms with Crippen molar-refractivity contribution < 1.29 is 20.1 Å². The van der Waals surface area contributed by atoms with E-state index in [-0.39, 0.29) is 17.4 Å². The van der Waals surface area contributed by atoms with Crippen LogP contribution < -0.4 is 0 Å². The van der Waals surface area contributed by atoms with Gasteiger partial charge >= 0.3 is 0 Å². The van der Waals surface area contributed by atoms with Crippen molar-refractivity contribution in [3.8, 4) is 0 Å². The number of rotatable bonds is 1. The molecule has 3 rings (SSSR count). The normalized spacial score (nSPS) is 44.6. The average Bonchev–Trinajstić information content (AvgIpc) is 2.62. The van der Waals surface area contributed by atoms with Gasteiger partial charge in [0.05, 0.1) is 0 Å². The van der Waals surface area contributed by atoms with Gasteiger partial charge in [-0.1, -0.05) is 12.8 Å². The first-order valence-electron chi connectivity index (χ1n) is 5.34. The second-order valence-corrected chi connectivity index (χ2v) is 4.61. The summed E-state index contributed by atoms with van der Waals surface area (Å²) in [5, 5.41) is 29.2. The van der Waals surface area contributed by atoms with Crippen LogP contribution in [0.2, 0.25) is 0 Å². The quantitative estimate of drug-likeness (QED) is 0.574. The molecule has 0 spiro atoms. The number of hydrogen-bond acceptors (Lipinski definition) is 4. The molecule has 0 aromatic heterocycles. The lowest BCUT2D eigenvalue weighted by molar-refractivity contribution is 0.0795. The minimum absolute atomic E-state index is 0.0445. The van der Waals surface area contributed by atoms with E-state index < -0.39 is 11.4 Å². The Morgan fingerprint density at radius 2 is 1.93 bits per heavy atom. The molecule has 1 heterocycles. The van der Waals surface area contributed by atoms with Gasteiger partial charge in [-0.3, -0.25) is 0 Å². The minimum atomic E-state index is -1.48. The van der Waals surface area contributed by atoms with E-state index in [2.05, 4.69) is 0 Å². The van der Waals surface area contributed by atoms with Crippen LogP contribution in [0.3, 0.4) is 0 Å². The molecular weight excluding hydrogens is 196 g/mol. The zero-order chi connectivity index (χ0) is 10.7. The smallest absolute Gasteiger partial charge is 0.228 e. The molecule has 0 aromatic carbocycles. The highest BCUT2D eigenvalue weighted by Gasteiger charge is 2.76. The highest BCUT2D eigenvalue weighted by molar-refractivity contribution is 5.42. The Bertz CT molecular complexity index is 367. The molecule has 1 aliphatic heterocycles. The summed E-state index contributed by atoms with van der Waals surface area (Å²) in [5.41, 5.74) is -0.963. The SMILES string of the molecule is OC1=CC2(O)OC2(C2CCCC2)C(O)=C1. The Morgan fingerprint density at radius 3 is 2.53 bits per heavy atom. The van der Waals surface area contributed by atoms with E-state index in [1.165, 1.54) is 12.2 Å². The van der Waals surface area contributed by atoms with Crippen molar-refractivity contribution in [3.05, 3.63) is 23.7 Å². The molecule has 3 N–H and O–H groups in total. The molecule has 0 aromatic rings. The van der Waals surface area contributed by atoms with Crippen LogP contribution >= 0.6 is 0 Å². The molecule has 15 heavy (non-hydrogen) atoms. The average molecular weight is 210 g/mol. The van der Waals surface area contributed by atoms with Crippen molar-refractivity contribution >= 4 is 0 Å². The molecule has 0 bridgehead atoms. The lowest BCUT2D eigenvalue weighted by Gasteiger charge is -2.22. The fourth-order valence-corrected chi connectivity index (χ4v) is 3.00. The van der Waals surface area contributed by atoms with E-state index in [0.29, 0.717) is 0 Å². The van der Waals surface area contributed by atoms with Crippen LogP contribution in [0.15, 0.2) is 23.7 Å². The van der Waals surface area contributed by atoms with E-state index in [0.717, 1.165) is 25.7 Å². The Hall–Kier alpha value is -1.00. The van der Waals surface area contributed by atoms with E-state index >= 15 is 0 Å². The molecule has 2 aliphatic carbocycles. The molecule has 1 saturated carbocycles. The van der Waals surface area contributed by atoms with Gasteiger partial charge in [0, 0.05) is 18.1 Å². The molecule has 1 saturated heterocycles. The summed E-state index contributed by atoms with van der Waals surface area (Å²) < 4.78 is 5.32. The van der Waals surface area contributed by atoms with Crippen LogP contribution in [-0.4, -0.2) is 26.7 Å². The van der Waals surface area contributed by atoms with Gasteiger partial charge in [-0.2, -0.15) is 0 Å². The van der Waals surface area contributed by atoms with Gasteiger partial charge in [-0.25, -0.2) is 0 Å². The van der Waals surface area contributed by atoms with Gasteiger partial charge in [0.15, 0.2) is 5.60 Å². The zero-order valence-electron chi connectivity index (χ0n) is 8.31. The highest BCUT2D eigenvalue weighted by Crippen LogP contribution is 2.61. The molecule has 0 amide bonds. The molecule has 4 nitrogen and oxygen atoms in total. The number of hydrogen-bond donors (Lipinski definition) is 3. The van der Waals surface area contributed by atoms with Crippen molar-refractivity contribution in [3.63, 3.8) is 0 Å². The van der Waals surface area contributed by atoms with Crippen molar-refractivity contribution in [2.45, 2.75) is 37.1 Å². The Labute approximate surface area is 87.5 Å². The number of ether oxygens (including phenoxy) is 1. The largest absolute Gasteiger partial charge is 0.509 e. The molecule has 2 fully saturated rings. The van der Waals surface area contributed by atoms with Gasteiger partial charge in [-0.15, -0.1) is 0 Å². The first-order chi connectivity index (χ1) is 7.08. The Kier molecular flexibility index (Phi) is 1.58. The number of allylic oxidation sites excluding steroid dienone is 1. The minimum Gasteiger partial charge on any atom is -0.509 e. The summed E-state index contributed by atoms with van der Waals surface area (Å²) in [6, 6.07) is 0. The van der Waals surface area contributed by atoms with Crippen molar-refractivity contribution in [2.24, 2.45) is 5.92 Å². The third-order valence-corrected chi connectivity index (χ3v) is 3.75. The highest BCUT2D eigenvalue weighted by atomic mass is 16.8. The first-order valence-corrected chi connectivity index (χ1v) is 5.34. The number of fused-ring (bicyclic) bond motifs is 1. The third-order valence-electron chi connectivity index (χ3n) is 3.75. The van der Waals surface area contributed by atoms with Gasteiger partial charge in [-0.05, 0) is 12.8 Å². The zero-order valence-corrected chi connectivity index (χ0v) is 8.31. The summed E-state index contributed by atoms with van der Waals surface area (Å²) >= 11 is 0. The summed E-state index contributed by atoms with van der Waals surface area (Å²) in [6.07, 6.45) is 6.65. The standard InChI is InChI=1S/C11H14O4/c12-8-5-9(13)11(7-3-1-2-4-7)10(14,6-8)15-11/h5-7,12-14H,1-4H2. The first kappa shape index (κ1) is 9.24. The molecule has 4 heteroatoms. The van der Waals surface area contributed by atoms with E-state index in [9.17, 15) is 15.3 Å². The second kappa shape index (κ2) is 2.57. The van der Waals surface area contributed by atoms with E-state index in [4.69, 9.17) is 4.74 Å². The predicted molar refractivity (Wildman–Crippen MR) is 52.1 cm³/mol. The van der Waals surface area contributed by atoms with Crippen LogP contribution in [-0.2, 0) is 4.74 Å². The molecule has 3 aliphatic rings. The van der Waals surface area contributed by atoms with Crippen LogP contribution in [0, 0.1) is 5.92 Å². The second-order valence-electron chi connectivity index (χ2n) is 4.61. The lowest BCUT2D eigenvalue weighted by Crippen LogP contribution is -2.35. The number of epoxide rings is 1. The Balaban J connectivity index is 1.99. The fraction of sp³-hybridized carbons (Fsp3) is 0.636. The van der Waals surface area contributed by atoms with Crippen LogP contribution in [0.25, 0.3) is 0 Å². The maximum absolute atomic E-state index is 10.0. The number of aliphatic hydroxyl groups excluding tert-OH is 2. The maximum atomic E-state index is 10.0. The molecule has 82 valence electrons. The summed E-state index contributed by atoms with van der Waals surface area (Å²) in [5.74, 6) is -1.51. The molecule has 2 atom stereocenters. The monoisotopic (exact) mass is 210 g/mol. The van der Waals surface area contributed by atoms with E-state index in [1.54, 1.807) is 0 Å². The van der Waals surface area contributed by atoms with Gasteiger partial charge in [0.2, 0.25) is 5.79 Å². The molecule has 0 radical (unpaired) electrons. The summed E-state index contributed by atoms with van der Waals surface area (Å²) in [6.45, 7) is 0. The van der Waals surface area contributed by atoms with Crippen LogP contribution in [0.1, 0.15) is 25.7 Å². The summed E-state index contributed by atoms with van der Waals surface area (Å²) in [4.78, 5) is 0. The Morgan fingerprint density at radius 1 is 1.27 bits per heavy atom. The topological polar surface area (TPSA) is 73.2 Å². The van der Waals surface area contributed by atoms with Gasteiger partial charge in [0.1, 0.15) is 11.5 Å². The predicted octanol–water partition coefficient (Wildman–Crippen LogP) is 1.53. The summed E-state index contributed by atoms with van der Waals surface area (Å²) in [7, 11) is 0. The van der Waals surface area contributed by atoms with E-state index in [1.807, 2.05) is 0 Å². The fourth-order valence-electron chi connectivity index (χ4n) is 3.00. The van der Waals surface area contributed by atoms with Gasteiger partial charge < -0.3 is 20.1 Å². The molecular formula is C11H14O4. The maximum Gasteiger partial charge on any atom is 0.228 e. The van der Waals surface area contributed by atoms with Crippen molar-refractivity contribution in [2.75, 3.05) is 0 Å². The number of aliphatic hydroxyl groups is 3. The third kappa shape index (κ3) is 0.983. The molecule has 2 unspecified atom stereocenters. The van der Waals surface area contributed by atoms with Gasteiger partial charge in [0.25, 0.3) is 0 Å². The van der Waals surface area contributed by atoms with Crippen LogP contribution in [0.4, 0.5) is 0 Å².